The minimum absolute atomic E-state index is 0.285. The molecule has 1 aliphatic heterocycles. The summed E-state index contributed by atoms with van der Waals surface area (Å²) in [5.41, 5.74) is 1.86. The van der Waals surface area contributed by atoms with Crippen LogP contribution in [0.2, 0.25) is 0 Å². The van der Waals surface area contributed by atoms with E-state index in [-0.39, 0.29) is 5.56 Å². The predicted molar refractivity (Wildman–Crippen MR) is 146 cm³/mol. The Morgan fingerprint density at radius 3 is 2.58 bits per heavy atom. The number of allylic oxidation sites excluding steroid dienone is 3. The SMILES string of the molecule is Cc1cc(Cc2ccc(C(=O)NCC(=O)N3[C@@H](C(C)C)C(F)(F)C[C@H]3C3(C)C=C(F)C=CC3)cc2C)c(=O)[nH]n1. The number of amides is 2. The van der Waals surface area contributed by atoms with Gasteiger partial charge < -0.3 is 10.2 Å². The van der Waals surface area contributed by atoms with Crippen LogP contribution >= 0.6 is 0 Å². The number of rotatable bonds is 7. The van der Waals surface area contributed by atoms with Gasteiger partial charge in [0.1, 0.15) is 5.83 Å². The van der Waals surface area contributed by atoms with Crippen molar-refractivity contribution in [2.75, 3.05) is 6.54 Å². The lowest BCUT2D eigenvalue weighted by atomic mass is 9.75. The second kappa shape index (κ2) is 11.1. The lowest BCUT2D eigenvalue weighted by Crippen LogP contribution is -2.54. The second-order valence-electron chi connectivity index (χ2n) is 11.5. The molecule has 1 aromatic heterocycles. The summed E-state index contributed by atoms with van der Waals surface area (Å²) >= 11 is 0. The van der Waals surface area contributed by atoms with E-state index < -0.39 is 59.9 Å². The first-order valence-corrected chi connectivity index (χ1v) is 13.4. The summed E-state index contributed by atoms with van der Waals surface area (Å²) in [5.74, 6) is -5.40. The van der Waals surface area contributed by atoms with Gasteiger partial charge >= 0.3 is 0 Å². The zero-order valence-electron chi connectivity index (χ0n) is 23.4. The molecule has 0 saturated carbocycles. The fourth-order valence-corrected chi connectivity index (χ4v) is 5.92. The van der Waals surface area contributed by atoms with Crippen molar-refractivity contribution in [3.63, 3.8) is 0 Å². The van der Waals surface area contributed by atoms with E-state index in [4.69, 9.17) is 0 Å². The summed E-state index contributed by atoms with van der Waals surface area (Å²) in [6.07, 6.45) is 4.31. The van der Waals surface area contributed by atoms with Crippen molar-refractivity contribution in [2.45, 2.75) is 71.9 Å². The third kappa shape index (κ3) is 5.90. The Kier molecular flexibility index (Phi) is 8.10. The first-order valence-electron chi connectivity index (χ1n) is 13.4. The van der Waals surface area contributed by atoms with Gasteiger partial charge in [-0.2, -0.15) is 5.10 Å². The van der Waals surface area contributed by atoms with Crippen LogP contribution in [0.25, 0.3) is 0 Å². The van der Waals surface area contributed by atoms with E-state index in [0.29, 0.717) is 29.7 Å². The molecule has 1 saturated heterocycles. The Morgan fingerprint density at radius 2 is 1.93 bits per heavy atom. The molecule has 0 bridgehead atoms. The van der Waals surface area contributed by atoms with Crippen molar-refractivity contribution in [1.82, 2.24) is 20.4 Å². The van der Waals surface area contributed by atoms with E-state index in [9.17, 15) is 18.8 Å². The molecule has 3 atom stereocenters. The van der Waals surface area contributed by atoms with Crippen LogP contribution in [0.5, 0.6) is 0 Å². The van der Waals surface area contributed by atoms with E-state index >= 15 is 8.78 Å². The number of hydrogen-bond acceptors (Lipinski definition) is 4. The molecule has 10 heteroatoms. The van der Waals surface area contributed by atoms with Gasteiger partial charge in [-0.1, -0.05) is 32.9 Å². The van der Waals surface area contributed by atoms with Crippen molar-refractivity contribution < 1.29 is 22.8 Å². The molecule has 1 aromatic carbocycles. The number of nitrogens with one attached hydrogen (secondary N) is 2. The summed E-state index contributed by atoms with van der Waals surface area (Å²) in [7, 11) is 0. The number of alkyl halides is 2. The third-order valence-corrected chi connectivity index (χ3v) is 7.91. The summed E-state index contributed by atoms with van der Waals surface area (Å²) in [6, 6.07) is 4.39. The normalized spacial score (nSPS) is 23.8. The fourth-order valence-electron chi connectivity index (χ4n) is 5.92. The van der Waals surface area contributed by atoms with Crippen molar-refractivity contribution in [2.24, 2.45) is 11.3 Å². The van der Waals surface area contributed by atoms with Crippen molar-refractivity contribution >= 4 is 11.8 Å². The average molecular weight is 557 g/mol. The van der Waals surface area contributed by atoms with Crippen LogP contribution in [-0.4, -0.2) is 51.5 Å². The fraction of sp³-hybridized carbons (Fsp3) is 0.467. The maximum atomic E-state index is 15.3. The zero-order valence-corrected chi connectivity index (χ0v) is 23.4. The standard InChI is InChI=1S/C30H35F3N4O3/c1-17(2)26-30(32,33)15-24(29(5)10-6-7-23(31)14-29)37(26)25(38)16-34-27(39)21-9-8-20(18(3)11-21)13-22-12-19(4)35-36-28(22)40/h6-9,11-12,14,17,24,26H,10,13,15-16H2,1-5H3,(H,34,39)(H,36,40)/t24-,26-,29?/m0/s1. The topological polar surface area (TPSA) is 95.2 Å². The second-order valence-corrected chi connectivity index (χ2v) is 11.5. The Morgan fingerprint density at radius 1 is 1.20 bits per heavy atom. The van der Waals surface area contributed by atoms with Gasteiger partial charge in [0.15, 0.2) is 0 Å². The van der Waals surface area contributed by atoms with Crippen LogP contribution in [0.15, 0.2) is 53.1 Å². The molecule has 40 heavy (non-hydrogen) atoms. The molecule has 0 radical (unpaired) electrons. The number of carbonyl (C=O) groups excluding carboxylic acids is 2. The van der Waals surface area contributed by atoms with Crippen LogP contribution < -0.4 is 10.9 Å². The minimum atomic E-state index is -3.16. The first kappa shape index (κ1) is 29.3. The monoisotopic (exact) mass is 556 g/mol. The molecule has 2 aromatic rings. The molecule has 2 amide bonds. The number of aromatic amines is 1. The molecule has 2 N–H and O–H groups in total. The summed E-state index contributed by atoms with van der Waals surface area (Å²) in [6.45, 7) is 8.06. The average Bonchev–Trinajstić information content (AvgIpc) is 3.17. The summed E-state index contributed by atoms with van der Waals surface area (Å²) < 4.78 is 44.7. The van der Waals surface area contributed by atoms with Gasteiger partial charge in [0, 0.05) is 35.4 Å². The Bertz CT molecular complexity index is 1430. The molecular formula is C30H35F3N4O3. The molecule has 2 aliphatic rings. The Labute approximate surface area is 231 Å². The maximum Gasteiger partial charge on any atom is 0.270 e. The molecule has 4 rings (SSSR count). The van der Waals surface area contributed by atoms with E-state index in [2.05, 4.69) is 15.5 Å². The smallest absolute Gasteiger partial charge is 0.270 e. The van der Waals surface area contributed by atoms with E-state index in [1.807, 2.05) is 6.92 Å². The van der Waals surface area contributed by atoms with Crippen molar-refractivity contribution in [3.05, 3.63) is 86.6 Å². The van der Waals surface area contributed by atoms with Crippen molar-refractivity contribution in [3.8, 4) is 0 Å². The molecule has 0 spiro atoms. The van der Waals surface area contributed by atoms with E-state index in [1.54, 1.807) is 58.0 Å². The van der Waals surface area contributed by atoms with Crippen LogP contribution in [0.1, 0.15) is 66.4 Å². The maximum absolute atomic E-state index is 15.3. The molecule has 7 nitrogen and oxygen atoms in total. The van der Waals surface area contributed by atoms with Crippen LogP contribution in [0.4, 0.5) is 13.2 Å². The lowest BCUT2D eigenvalue weighted by molar-refractivity contribution is -0.140. The lowest BCUT2D eigenvalue weighted by Gasteiger charge is -2.41. The highest BCUT2D eigenvalue weighted by Crippen LogP contribution is 2.50. The number of benzene rings is 1. The molecule has 2 heterocycles. The molecule has 1 fully saturated rings. The Balaban J connectivity index is 1.50. The van der Waals surface area contributed by atoms with E-state index in [1.165, 1.54) is 17.1 Å². The van der Waals surface area contributed by atoms with Gasteiger partial charge in [0.05, 0.1) is 18.3 Å². The highest BCUT2D eigenvalue weighted by Gasteiger charge is 2.60. The number of hydrogen-bond donors (Lipinski definition) is 2. The number of carbonyl (C=O) groups is 2. The van der Waals surface area contributed by atoms with Gasteiger partial charge in [0.2, 0.25) is 5.91 Å². The predicted octanol–water partition coefficient (Wildman–Crippen LogP) is 4.79. The minimum Gasteiger partial charge on any atom is -0.343 e. The zero-order chi connectivity index (χ0) is 29.4. The van der Waals surface area contributed by atoms with Gasteiger partial charge in [-0.3, -0.25) is 14.4 Å². The molecule has 1 aliphatic carbocycles. The molecule has 1 unspecified atom stereocenters. The highest BCUT2D eigenvalue weighted by molar-refractivity contribution is 5.96. The highest BCUT2D eigenvalue weighted by atomic mass is 19.3. The number of likely N-dealkylation sites (tertiary alicyclic amines) is 1. The number of aryl methyl sites for hydroxylation is 2. The number of H-pyrrole nitrogens is 1. The Hall–Kier alpha value is -3.69. The van der Waals surface area contributed by atoms with Gasteiger partial charge in [-0.25, -0.2) is 18.3 Å². The summed E-state index contributed by atoms with van der Waals surface area (Å²) in [4.78, 5) is 39.7. The largest absolute Gasteiger partial charge is 0.343 e. The molecular weight excluding hydrogens is 521 g/mol. The van der Waals surface area contributed by atoms with Gasteiger partial charge in [-0.05, 0) is 67.7 Å². The number of halogens is 3. The van der Waals surface area contributed by atoms with Gasteiger partial charge in [-0.15, -0.1) is 0 Å². The number of aromatic nitrogens is 2. The van der Waals surface area contributed by atoms with Crippen LogP contribution in [-0.2, 0) is 11.2 Å². The number of nitrogens with zero attached hydrogens (tertiary/aromatic N) is 2. The van der Waals surface area contributed by atoms with Crippen LogP contribution in [0, 0.1) is 25.2 Å². The summed E-state index contributed by atoms with van der Waals surface area (Å²) in [5, 5.41) is 8.91. The third-order valence-electron chi connectivity index (χ3n) is 7.91. The molecule has 214 valence electrons. The van der Waals surface area contributed by atoms with Crippen molar-refractivity contribution in [1.29, 1.82) is 0 Å². The van der Waals surface area contributed by atoms with E-state index in [0.717, 1.165) is 11.1 Å². The van der Waals surface area contributed by atoms with Gasteiger partial charge in [0.25, 0.3) is 17.4 Å². The quantitative estimate of drug-likeness (QED) is 0.513. The first-order chi connectivity index (χ1) is 18.7. The van der Waals surface area contributed by atoms with Crippen LogP contribution in [0.3, 0.4) is 0 Å².